The number of halogens is 2. The lowest BCUT2D eigenvalue weighted by Gasteiger charge is -2.05. The van der Waals surface area contributed by atoms with Crippen LogP contribution >= 0.6 is 27.3 Å². The zero-order valence-corrected chi connectivity index (χ0v) is 11.8. The summed E-state index contributed by atoms with van der Waals surface area (Å²) >= 11 is 4.97. The molecule has 0 aliphatic carbocycles. The fraction of sp³-hybridized carbons (Fsp3) is 0.231. The lowest BCUT2D eigenvalue weighted by molar-refractivity contribution is 0.308. The van der Waals surface area contributed by atoms with E-state index in [1.165, 1.54) is 17.0 Å². The molecule has 0 N–H and O–H groups in total. The molecule has 2 aromatic rings. The average molecular weight is 315 g/mol. The third kappa shape index (κ3) is 3.54. The molecular weight excluding hydrogens is 303 g/mol. The third-order valence-corrected chi connectivity index (χ3v) is 3.94. The summed E-state index contributed by atoms with van der Waals surface area (Å²) < 4.78 is 19.3. The monoisotopic (exact) mass is 314 g/mol. The zero-order chi connectivity index (χ0) is 12.3. The largest absolute Gasteiger partial charge is 0.488 e. The van der Waals surface area contributed by atoms with Gasteiger partial charge in [0.15, 0.2) is 0 Å². The quantitative estimate of drug-likeness (QED) is 0.788. The van der Waals surface area contributed by atoms with E-state index in [2.05, 4.69) is 35.0 Å². The summed E-state index contributed by atoms with van der Waals surface area (Å²) in [6.07, 6.45) is 1.04. The van der Waals surface area contributed by atoms with Gasteiger partial charge in [-0.15, -0.1) is 11.3 Å². The van der Waals surface area contributed by atoms with E-state index >= 15 is 0 Å². The first kappa shape index (κ1) is 12.6. The average Bonchev–Trinajstić information content (AvgIpc) is 2.73. The first-order valence-corrected chi connectivity index (χ1v) is 6.95. The highest BCUT2D eigenvalue weighted by Gasteiger charge is 2.02. The van der Waals surface area contributed by atoms with Crippen molar-refractivity contribution >= 4 is 27.3 Å². The number of aryl methyl sites for hydroxylation is 1. The summed E-state index contributed by atoms with van der Waals surface area (Å²) in [7, 11) is 0. The van der Waals surface area contributed by atoms with Crippen molar-refractivity contribution in [3.8, 4) is 5.75 Å². The molecule has 0 atom stereocenters. The van der Waals surface area contributed by atoms with E-state index < -0.39 is 0 Å². The maximum atomic E-state index is 13.1. The van der Waals surface area contributed by atoms with Gasteiger partial charge in [-0.3, -0.25) is 0 Å². The van der Waals surface area contributed by atoms with E-state index in [0.29, 0.717) is 16.8 Å². The van der Waals surface area contributed by atoms with Crippen LogP contribution in [-0.4, -0.2) is 0 Å². The van der Waals surface area contributed by atoms with Gasteiger partial charge in [0.25, 0.3) is 0 Å². The molecule has 0 radical (unpaired) electrons. The van der Waals surface area contributed by atoms with E-state index in [4.69, 9.17) is 4.74 Å². The van der Waals surface area contributed by atoms with E-state index in [1.807, 2.05) is 0 Å². The lowest BCUT2D eigenvalue weighted by atomic mass is 10.3. The van der Waals surface area contributed by atoms with Crippen LogP contribution < -0.4 is 4.74 Å². The molecule has 1 aromatic carbocycles. The molecule has 4 heteroatoms. The molecule has 1 heterocycles. The molecule has 0 bridgehead atoms. The van der Waals surface area contributed by atoms with Crippen LogP contribution in [0.3, 0.4) is 0 Å². The lowest BCUT2D eigenvalue weighted by Crippen LogP contribution is -1.93. The second kappa shape index (κ2) is 5.65. The predicted molar refractivity (Wildman–Crippen MR) is 72.1 cm³/mol. The summed E-state index contributed by atoms with van der Waals surface area (Å²) in [4.78, 5) is 2.49. The number of hydrogen-bond acceptors (Lipinski definition) is 2. The maximum absolute atomic E-state index is 13.1. The molecule has 0 aliphatic heterocycles. The standard InChI is InChI=1S/C13H12BrFOS/c1-2-12-3-4-13(17-12)8-16-11-6-9(14)5-10(15)7-11/h3-7H,2,8H2,1H3. The molecule has 1 nitrogen and oxygen atoms in total. The van der Waals surface area contributed by atoms with Crippen molar-refractivity contribution in [1.82, 2.24) is 0 Å². The summed E-state index contributed by atoms with van der Waals surface area (Å²) in [5.41, 5.74) is 0. The minimum Gasteiger partial charge on any atom is -0.488 e. The Hall–Kier alpha value is -0.870. The predicted octanol–water partition coefficient (Wildman–Crippen LogP) is 4.79. The Labute approximate surface area is 112 Å². The van der Waals surface area contributed by atoms with Crippen molar-refractivity contribution in [1.29, 1.82) is 0 Å². The highest BCUT2D eigenvalue weighted by Crippen LogP contribution is 2.23. The van der Waals surface area contributed by atoms with Gasteiger partial charge in [0, 0.05) is 20.3 Å². The highest BCUT2D eigenvalue weighted by molar-refractivity contribution is 9.10. The van der Waals surface area contributed by atoms with E-state index in [-0.39, 0.29) is 5.82 Å². The van der Waals surface area contributed by atoms with Crippen LogP contribution in [0.15, 0.2) is 34.8 Å². The van der Waals surface area contributed by atoms with Gasteiger partial charge in [-0.25, -0.2) is 4.39 Å². The summed E-state index contributed by atoms with van der Waals surface area (Å²) in [5.74, 6) is 0.248. The van der Waals surface area contributed by atoms with Crippen molar-refractivity contribution < 1.29 is 9.13 Å². The topological polar surface area (TPSA) is 9.23 Å². The molecule has 0 amide bonds. The Balaban J connectivity index is 2.01. The summed E-state index contributed by atoms with van der Waals surface area (Å²) in [6, 6.07) is 8.71. The van der Waals surface area contributed by atoms with Crippen molar-refractivity contribution in [3.05, 3.63) is 50.4 Å². The highest BCUT2D eigenvalue weighted by atomic mass is 79.9. The zero-order valence-electron chi connectivity index (χ0n) is 9.37. The van der Waals surface area contributed by atoms with Gasteiger partial charge >= 0.3 is 0 Å². The van der Waals surface area contributed by atoms with Gasteiger partial charge in [0.05, 0.1) is 0 Å². The number of rotatable bonds is 4. The first-order valence-electron chi connectivity index (χ1n) is 5.34. The minimum absolute atomic E-state index is 0.296. The van der Waals surface area contributed by atoms with Gasteiger partial charge in [-0.05, 0) is 30.7 Å². The number of ether oxygens (including phenoxy) is 1. The minimum atomic E-state index is -0.296. The Morgan fingerprint density at radius 2 is 2.00 bits per heavy atom. The normalized spacial score (nSPS) is 10.5. The SMILES string of the molecule is CCc1ccc(COc2cc(F)cc(Br)c2)s1. The second-order valence-electron chi connectivity index (χ2n) is 3.62. The second-order valence-corrected chi connectivity index (χ2v) is 5.78. The molecule has 17 heavy (non-hydrogen) atoms. The molecular formula is C13H12BrFOS. The first-order chi connectivity index (χ1) is 8.17. The molecule has 1 aromatic heterocycles. The molecule has 2 rings (SSSR count). The number of thiophene rings is 1. The van der Waals surface area contributed by atoms with Gasteiger partial charge in [0.1, 0.15) is 18.2 Å². The molecule has 90 valence electrons. The fourth-order valence-electron chi connectivity index (χ4n) is 1.46. The summed E-state index contributed by atoms with van der Waals surface area (Å²) in [5, 5.41) is 0. The Kier molecular flexibility index (Phi) is 4.18. The van der Waals surface area contributed by atoms with Crippen LogP contribution in [0.5, 0.6) is 5.75 Å². The van der Waals surface area contributed by atoms with Crippen LogP contribution in [0.2, 0.25) is 0 Å². The van der Waals surface area contributed by atoms with Crippen LogP contribution in [0.1, 0.15) is 16.7 Å². The number of hydrogen-bond donors (Lipinski definition) is 0. The van der Waals surface area contributed by atoms with Crippen LogP contribution in [0, 0.1) is 5.82 Å². The van der Waals surface area contributed by atoms with Crippen molar-refractivity contribution in [3.63, 3.8) is 0 Å². The maximum Gasteiger partial charge on any atom is 0.128 e. The molecule has 0 spiro atoms. The molecule has 0 aliphatic rings. The third-order valence-electron chi connectivity index (χ3n) is 2.28. The van der Waals surface area contributed by atoms with Gasteiger partial charge < -0.3 is 4.74 Å². The fourth-order valence-corrected chi connectivity index (χ4v) is 2.77. The molecule has 0 saturated heterocycles. The van der Waals surface area contributed by atoms with Crippen LogP contribution in [0.4, 0.5) is 4.39 Å². The summed E-state index contributed by atoms with van der Waals surface area (Å²) in [6.45, 7) is 2.61. The van der Waals surface area contributed by atoms with Gasteiger partial charge in [0.2, 0.25) is 0 Å². The Morgan fingerprint density at radius 3 is 2.65 bits per heavy atom. The van der Waals surface area contributed by atoms with E-state index in [1.54, 1.807) is 17.4 Å². The smallest absolute Gasteiger partial charge is 0.128 e. The van der Waals surface area contributed by atoms with Gasteiger partial charge in [-0.2, -0.15) is 0 Å². The van der Waals surface area contributed by atoms with Crippen LogP contribution in [0.25, 0.3) is 0 Å². The molecule has 0 saturated carbocycles. The van der Waals surface area contributed by atoms with Crippen molar-refractivity contribution in [2.45, 2.75) is 20.0 Å². The van der Waals surface area contributed by atoms with E-state index in [0.717, 1.165) is 11.3 Å². The Bertz CT molecular complexity index is 490. The Morgan fingerprint density at radius 1 is 1.24 bits per heavy atom. The van der Waals surface area contributed by atoms with Crippen LogP contribution in [-0.2, 0) is 13.0 Å². The van der Waals surface area contributed by atoms with E-state index in [9.17, 15) is 4.39 Å². The molecule has 0 unspecified atom stereocenters. The van der Waals surface area contributed by atoms with Gasteiger partial charge in [-0.1, -0.05) is 22.9 Å². The van der Waals surface area contributed by atoms with Crippen molar-refractivity contribution in [2.24, 2.45) is 0 Å². The van der Waals surface area contributed by atoms with Crippen molar-refractivity contribution in [2.75, 3.05) is 0 Å². The molecule has 0 fully saturated rings. The number of benzene rings is 1.